The van der Waals surface area contributed by atoms with E-state index in [0.717, 1.165) is 24.5 Å². The van der Waals surface area contributed by atoms with Crippen LogP contribution >= 0.6 is 0 Å². The van der Waals surface area contributed by atoms with Gasteiger partial charge >= 0.3 is 0 Å². The third-order valence-electron chi connectivity index (χ3n) is 2.95. The van der Waals surface area contributed by atoms with Gasteiger partial charge in [-0.1, -0.05) is 19.1 Å². The highest BCUT2D eigenvalue weighted by Crippen LogP contribution is 2.21. The van der Waals surface area contributed by atoms with Gasteiger partial charge in [-0.05, 0) is 36.4 Å². The number of likely N-dealkylation sites (N-methyl/N-ethyl adjacent to an activating group) is 1. The van der Waals surface area contributed by atoms with Gasteiger partial charge in [-0.3, -0.25) is 0 Å². The molecule has 1 N–H and O–H groups in total. The van der Waals surface area contributed by atoms with Gasteiger partial charge in [-0.15, -0.1) is 0 Å². The third-order valence-corrected chi connectivity index (χ3v) is 2.95. The Morgan fingerprint density at radius 1 is 1.22 bits per heavy atom. The van der Waals surface area contributed by atoms with Crippen molar-refractivity contribution in [2.75, 3.05) is 13.7 Å². The molecule has 0 saturated carbocycles. The molecule has 2 aromatic rings. The Bertz CT molecular complexity index is 448. The average Bonchev–Trinajstić information content (AvgIpc) is 2.91. The number of benzene rings is 1. The van der Waals surface area contributed by atoms with E-state index in [0.29, 0.717) is 0 Å². The van der Waals surface area contributed by atoms with E-state index in [4.69, 9.17) is 9.15 Å². The maximum Gasteiger partial charge on any atom is 0.118 e. The van der Waals surface area contributed by atoms with Gasteiger partial charge in [0.05, 0.1) is 13.4 Å². The predicted octanol–water partition coefficient (Wildman–Crippen LogP) is 3.18. The number of nitrogens with one attached hydrogen (secondary N) is 1. The second-order valence-electron chi connectivity index (χ2n) is 4.17. The molecule has 1 unspecified atom stereocenters. The van der Waals surface area contributed by atoms with Crippen LogP contribution in [0.5, 0.6) is 5.75 Å². The first kappa shape index (κ1) is 12.7. The predicted molar refractivity (Wildman–Crippen MR) is 71.8 cm³/mol. The van der Waals surface area contributed by atoms with E-state index in [1.807, 2.05) is 24.3 Å². The Kier molecular flexibility index (Phi) is 4.42. The Hall–Kier alpha value is -1.74. The van der Waals surface area contributed by atoms with E-state index in [2.05, 4.69) is 24.4 Å². The van der Waals surface area contributed by atoms with Crippen LogP contribution in [0, 0.1) is 0 Å². The smallest absolute Gasteiger partial charge is 0.118 e. The van der Waals surface area contributed by atoms with Crippen molar-refractivity contribution in [2.45, 2.75) is 19.4 Å². The number of methoxy groups -OCH3 is 1. The fourth-order valence-electron chi connectivity index (χ4n) is 2.02. The van der Waals surface area contributed by atoms with Crippen molar-refractivity contribution < 1.29 is 9.15 Å². The molecule has 0 bridgehead atoms. The zero-order chi connectivity index (χ0) is 12.8. The molecule has 0 radical (unpaired) electrons. The SMILES string of the molecule is CCNC(Cc1ccco1)c1ccc(OC)cc1. The molecule has 1 aromatic heterocycles. The lowest BCUT2D eigenvalue weighted by molar-refractivity contribution is 0.414. The van der Waals surface area contributed by atoms with Crippen LogP contribution in [0.4, 0.5) is 0 Å². The van der Waals surface area contributed by atoms with Crippen LogP contribution in [0.15, 0.2) is 47.1 Å². The molecule has 18 heavy (non-hydrogen) atoms. The zero-order valence-corrected chi connectivity index (χ0v) is 10.8. The summed E-state index contributed by atoms with van der Waals surface area (Å²) in [5.74, 6) is 1.88. The summed E-state index contributed by atoms with van der Waals surface area (Å²) in [4.78, 5) is 0. The van der Waals surface area contributed by atoms with Gasteiger partial charge in [0.25, 0.3) is 0 Å². The minimum Gasteiger partial charge on any atom is -0.497 e. The van der Waals surface area contributed by atoms with Crippen LogP contribution in [-0.2, 0) is 6.42 Å². The van der Waals surface area contributed by atoms with Crippen LogP contribution in [0.25, 0.3) is 0 Å². The molecule has 3 nitrogen and oxygen atoms in total. The number of ether oxygens (including phenoxy) is 1. The topological polar surface area (TPSA) is 34.4 Å². The minimum atomic E-state index is 0.270. The van der Waals surface area contributed by atoms with Crippen molar-refractivity contribution in [3.8, 4) is 5.75 Å². The maximum atomic E-state index is 5.41. The molecular weight excluding hydrogens is 226 g/mol. The molecule has 1 atom stereocenters. The largest absolute Gasteiger partial charge is 0.497 e. The summed E-state index contributed by atoms with van der Waals surface area (Å²) in [7, 11) is 1.68. The maximum absolute atomic E-state index is 5.41. The first-order valence-electron chi connectivity index (χ1n) is 6.23. The van der Waals surface area contributed by atoms with Crippen LogP contribution in [-0.4, -0.2) is 13.7 Å². The van der Waals surface area contributed by atoms with E-state index in [1.165, 1.54) is 5.56 Å². The van der Waals surface area contributed by atoms with Crippen molar-refractivity contribution in [3.63, 3.8) is 0 Å². The third kappa shape index (κ3) is 3.14. The van der Waals surface area contributed by atoms with Crippen LogP contribution in [0.3, 0.4) is 0 Å². The van der Waals surface area contributed by atoms with Gasteiger partial charge in [-0.25, -0.2) is 0 Å². The normalized spacial score (nSPS) is 12.3. The van der Waals surface area contributed by atoms with Gasteiger partial charge in [0, 0.05) is 12.5 Å². The molecule has 0 spiro atoms. The van der Waals surface area contributed by atoms with Crippen LogP contribution in [0.1, 0.15) is 24.3 Å². The van der Waals surface area contributed by atoms with Crippen molar-refractivity contribution in [2.24, 2.45) is 0 Å². The first-order valence-corrected chi connectivity index (χ1v) is 6.23. The highest BCUT2D eigenvalue weighted by molar-refractivity contribution is 5.29. The summed E-state index contributed by atoms with van der Waals surface area (Å²) in [5, 5.41) is 3.47. The Labute approximate surface area is 108 Å². The summed E-state index contributed by atoms with van der Waals surface area (Å²) in [6.45, 7) is 3.04. The number of rotatable bonds is 6. The lowest BCUT2D eigenvalue weighted by Crippen LogP contribution is -2.22. The van der Waals surface area contributed by atoms with Crippen LogP contribution in [0.2, 0.25) is 0 Å². The Morgan fingerprint density at radius 3 is 2.56 bits per heavy atom. The Balaban J connectivity index is 2.12. The molecule has 1 heterocycles. The summed E-state index contributed by atoms with van der Waals surface area (Å²) in [6, 6.07) is 12.4. The highest BCUT2D eigenvalue weighted by atomic mass is 16.5. The van der Waals surface area contributed by atoms with Crippen molar-refractivity contribution >= 4 is 0 Å². The standard InChI is InChI=1S/C15H19NO2/c1-3-16-15(11-14-5-4-10-18-14)12-6-8-13(17-2)9-7-12/h4-10,15-16H,3,11H2,1-2H3. The van der Waals surface area contributed by atoms with Crippen molar-refractivity contribution in [1.29, 1.82) is 0 Å². The van der Waals surface area contributed by atoms with E-state index in [1.54, 1.807) is 13.4 Å². The van der Waals surface area contributed by atoms with Gasteiger partial charge < -0.3 is 14.5 Å². The van der Waals surface area contributed by atoms with Gasteiger partial charge in [0.1, 0.15) is 11.5 Å². The fourth-order valence-corrected chi connectivity index (χ4v) is 2.02. The summed E-state index contributed by atoms with van der Waals surface area (Å²) in [6.07, 6.45) is 2.57. The summed E-state index contributed by atoms with van der Waals surface area (Å²) in [5.41, 5.74) is 1.24. The molecule has 0 aliphatic carbocycles. The molecule has 2 rings (SSSR count). The molecule has 0 aliphatic rings. The minimum absolute atomic E-state index is 0.270. The highest BCUT2D eigenvalue weighted by Gasteiger charge is 2.12. The number of hydrogen-bond donors (Lipinski definition) is 1. The Morgan fingerprint density at radius 2 is 2.00 bits per heavy atom. The fraction of sp³-hybridized carbons (Fsp3) is 0.333. The first-order chi connectivity index (χ1) is 8.83. The summed E-state index contributed by atoms with van der Waals surface area (Å²) >= 11 is 0. The second-order valence-corrected chi connectivity index (χ2v) is 4.17. The number of furan rings is 1. The lowest BCUT2D eigenvalue weighted by atomic mass is 10.0. The van der Waals surface area contributed by atoms with E-state index < -0.39 is 0 Å². The molecule has 0 fully saturated rings. The molecule has 0 amide bonds. The molecular formula is C15H19NO2. The van der Waals surface area contributed by atoms with Crippen molar-refractivity contribution in [1.82, 2.24) is 5.32 Å². The lowest BCUT2D eigenvalue weighted by Gasteiger charge is -2.17. The van der Waals surface area contributed by atoms with Gasteiger partial charge in [-0.2, -0.15) is 0 Å². The molecule has 1 aromatic carbocycles. The van der Waals surface area contributed by atoms with Crippen LogP contribution < -0.4 is 10.1 Å². The molecule has 0 aliphatic heterocycles. The molecule has 0 saturated heterocycles. The van der Waals surface area contributed by atoms with E-state index in [-0.39, 0.29) is 6.04 Å². The zero-order valence-electron chi connectivity index (χ0n) is 10.8. The van der Waals surface area contributed by atoms with Crippen molar-refractivity contribution in [3.05, 3.63) is 54.0 Å². The van der Waals surface area contributed by atoms with Gasteiger partial charge in [0.15, 0.2) is 0 Å². The monoisotopic (exact) mass is 245 g/mol. The summed E-state index contributed by atoms with van der Waals surface area (Å²) < 4.78 is 10.6. The van der Waals surface area contributed by atoms with Gasteiger partial charge in [0.2, 0.25) is 0 Å². The molecule has 3 heteroatoms. The van der Waals surface area contributed by atoms with E-state index in [9.17, 15) is 0 Å². The van der Waals surface area contributed by atoms with E-state index >= 15 is 0 Å². The molecule has 96 valence electrons. The number of hydrogen-bond acceptors (Lipinski definition) is 3. The average molecular weight is 245 g/mol. The second kappa shape index (κ2) is 6.26. The quantitative estimate of drug-likeness (QED) is 0.848.